The zero-order valence-corrected chi connectivity index (χ0v) is 20.3. The lowest BCUT2D eigenvalue weighted by atomic mass is 10.1. The summed E-state index contributed by atoms with van der Waals surface area (Å²) in [6.45, 7) is 6.70. The van der Waals surface area contributed by atoms with Crippen LogP contribution in [-0.2, 0) is 11.8 Å². The predicted molar refractivity (Wildman–Crippen MR) is 130 cm³/mol. The Morgan fingerprint density at radius 1 is 1.06 bits per heavy atom. The fourth-order valence-corrected chi connectivity index (χ4v) is 5.06. The first-order chi connectivity index (χ1) is 15.8. The first-order valence-corrected chi connectivity index (χ1v) is 12.1. The summed E-state index contributed by atoms with van der Waals surface area (Å²) < 4.78 is 1.90. The van der Waals surface area contributed by atoms with E-state index in [0.717, 1.165) is 41.0 Å². The van der Waals surface area contributed by atoms with Crippen molar-refractivity contribution < 1.29 is 9.59 Å². The van der Waals surface area contributed by atoms with Gasteiger partial charge in [-0.25, -0.2) is 0 Å². The van der Waals surface area contributed by atoms with Crippen molar-refractivity contribution in [2.75, 3.05) is 17.6 Å². The molecule has 1 aliphatic heterocycles. The summed E-state index contributed by atoms with van der Waals surface area (Å²) >= 11 is 1.34. The Labute approximate surface area is 198 Å². The summed E-state index contributed by atoms with van der Waals surface area (Å²) in [6, 6.07) is 13.5. The number of hydrogen-bond acceptors (Lipinski definition) is 5. The van der Waals surface area contributed by atoms with Crippen molar-refractivity contribution in [1.29, 1.82) is 0 Å². The van der Waals surface area contributed by atoms with Gasteiger partial charge in [0.15, 0.2) is 11.0 Å². The Balaban J connectivity index is 1.42. The number of rotatable bonds is 6. The van der Waals surface area contributed by atoms with Crippen LogP contribution in [0.4, 0.5) is 5.69 Å². The maximum absolute atomic E-state index is 13.1. The molecule has 1 N–H and O–H groups in total. The fourth-order valence-electron chi connectivity index (χ4n) is 4.34. The molecule has 3 aromatic rings. The number of thioether (sulfide) groups is 1. The largest absolute Gasteiger partial charge is 0.328 e. The van der Waals surface area contributed by atoms with Crippen molar-refractivity contribution >= 4 is 29.3 Å². The van der Waals surface area contributed by atoms with Gasteiger partial charge in [0.05, 0.1) is 11.8 Å². The minimum atomic E-state index is -0.117. The van der Waals surface area contributed by atoms with Crippen LogP contribution in [0.5, 0.6) is 0 Å². The Morgan fingerprint density at radius 3 is 2.55 bits per heavy atom. The average Bonchev–Trinajstić information content (AvgIpc) is 3.37. The summed E-state index contributed by atoms with van der Waals surface area (Å²) in [4.78, 5) is 27.5. The third-order valence-corrected chi connectivity index (χ3v) is 6.80. The van der Waals surface area contributed by atoms with Gasteiger partial charge in [0.1, 0.15) is 0 Å². The molecule has 1 atom stereocenters. The molecule has 8 heteroatoms. The standard InChI is InChI=1S/C25H29N5O2S/c1-16-7-5-8-19(12-16)24(32)30-10-6-9-21(30)23-27-28-25(29(23)4)33-15-22(31)26-20-13-17(2)11-18(3)14-20/h5,7-8,11-14,21H,6,9-10,15H2,1-4H3,(H,26,31). The molecule has 2 aromatic carbocycles. The van der Waals surface area contributed by atoms with Crippen molar-refractivity contribution in [1.82, 2.24) is 19.7 Å². The Bertz CT molecular complexity index is 1170. The number of carbonyl (C=O) groups excluding carboxylic acids is 2. The van der Waals surface area contributed by atoms with Gasteiger partial charge in [-0.2, -0.15) is 0 Å². The van der Waals surface area contributed by atoms with Crippen LogP contribution in [0, 0.1) is 20.8 Å². The quantitative estimate of drug-likeness (QED) is 0.547. The van der Waals surface area contributed by atoms with E-state index in [1.807, 2.05) is 73.7 Å². The van der Waals surface area contributed by atoms with E-state index < -0.39 is 0 Å². The molecular formula is C25H29N5O2S. The first-order valence-electron chi connectivity index (χ1n) is 11.1. The van der Waals surface area contributed by atoms with E-state index >= 15 is 0 Å². The Kier molecular flexibility index (Phi) is 6.83. The van der Waals surface area contributed by atoms with Crippen LogP contribution in [-0.4, -0.2) is 43.8 Å². The minimum absolute atomic E-state index is 0.0197. The van der Waals surface area contributed by atoms with E-state index in [9.17, 15) is 9.59 Å². The zero-order valence-electron chi connectivity index (χ0n) is 19.5. The van der Waals surface area contributed by atoms with Crippen LogP contribution in [0.2, 0.25) is 0 Å². The van der Waals surface area contributed by atoms with Gasteiger partial charge in [-0.3, -0.25) is 9.59 Å². The van der Waals surface area contributed by atoms with E-state index in [1.165, 1.54) is 11.8 Å². The smallest absolute Gasteiger partial charge is 0.254 e. The van der Waals surface area contributed by atoms with Crippen molar-refractivity contribution in [2.45, 2.75) is 44.8 Å². The number of benzene rings is 2. The van der Waals surface area contributed by atoms with Crippen LogP contribution in [0.3, 0.4) is 0 Å². The van der Waals surface area contributed by atoms with Gasteiger partial charge < -0.3 is 14.8 Å². The molecule has 0 bridgehead atoms. The lowest BCUT2D eigenvalue weighted by molar-refractivity contribution is -0.113. The Morgan fingerprint density at radius 2 is 1.82 bits per heavy atom. The maximum Gasteiger partial charge on any atom is 0.254 e. The highest BCUT2D eigenvalue weighted by Crippen LogP contribution is 2.33. The number of aromatic nitrogens is 3. The lowest BCUT2D eigenvalue weighted by Crippen LogP contribution is -2.32. The van der Waals surface area contributed by atoms with Crippen molar-refractivity contribution in [3.8, 4) is 0 Å². The molecule has 1 aromatic heterocycles. The fraction of sp³-hybridized carbons (Fsp3) is 0.360. The number of nitrogens with one attached hydrogen (secondary N) is 1. The molecule has 172 valence electrons. The van der Waals surface area contributed by atoms with Crippen LogP contribution < -0.4 is 5.32 Å². The highest BCUT2D eigenvalue weighted by molar-refractivity contribution is 7.99. The van der Waals surface area contributed by atoms with Crippen molar-refractivity contribution in [2.24, 2.45) is 7.05 Å². The number of anilines is 1. The van der Waals surface area contributed by atoms with Gasteiger partial charge >= 0.3 is 0 Å². The van der Waals surface area contributed by atoms with E-state index in [4.69, 9.17) is 0 Å². The van der Waals surface area contributed by atoms with Crippen LogP contribution in [0.1, 0.15) is 51.8 Å². The molecule has 4 rings (SSSR count). The van der Waals surface area contributed by atoms with Gasteiger partial charge in [-0.15, -0.1) is 10.2 Å². The number of likely N-dealkylation sites (tertiary alicyclic amines) is 1. The third-order valence-electron chi connectivity index (χ3n) is 5.78. The number of nitrogens with zero attached hydrogens (tertiary/aromatic N) is 4. The van der Waals surface area contributed by atoms with Crippen LogP contribution in [0.15, 0.2) is 47.6 Å². The Hall–Kier alpha value is -3.13. The molecule has 1 fully saturated rings. The summed E-state index contributed by atoms with van der Waals surface area (Å²) in [6.07, 6.45) is 1.78. The van der Waals surface area contributed by atoms with Gasteiger partial charge in [0, 0.05) is 24.8 Å². The van der Waals surface area contributed by atoms with Crippen molar-refractivity contribution in [3.05, 3.63) is 70.5 Å². The van der Waals surface area contributed by atoms with Gasteiger partial charge in [0.25, 0.3) is 5.91 Å². The monoisotopic (exact) mass is 463 g/mol. The second-order valence-corrected chi connectivity index (χ2v) is 9.58. The second kappa shape index (κ2) is 9.79. The summed E-state index contributed by atoms with van der Waals surface area (Å²) in [7, 11) is 1.90. The summed E-state index contributed by atoms with van der Waals surface area (Å²) in [5.41, 5.74) is 4.78. The first kappa shape index (κ1) is 23.0. The van der Waals surface area contributed by atoms with Crippen LogP contribution in [0.25, 0.3) is 0 Å². The molecule has 1 aliphatic rings. The number of carbonyl (C=O) groups is 2. The van der Waals surface area contributed by atoms with Gasteiger partial charge in [-0.05, 0) is 69.0 Å². The molecule has 1 unspecified atom stereocenters. The van der Waals surface area contributed by atoms with E-state index in [-0.39, 0.29) is 23.6 Å². The zero-order chi connectivity index (χ0) is 23.5. The molecule has 1 saturated heterocycles. The minimum Gasteiger partial charge on any atom is -0.328 e. The number of aryl methyl sites for hydroxylation is 3. The van der Waals surface area contributed by atoms with Gasteiger partial charge in [0.2, 0.25) is 5.91 Å². The second-order valence-electron chi connectivity index (χ2n) is 8.64. The maximum atomic E-state index is 13.1. The van der Waals surface area contributed by atoms with Gasteiger partial charge in [-0.1, -0.05) is 35.5 Å². The normalized spacial score (nSPS) is 15.6. The number of hydrogen-bond donors (Lipinski definition) is 1. The predicted octanol–water partition coefficient (Wildman–Crippen LogP) is 4.45. The van der Waals surface area contributed by atoms with E-state index in [1.54, 1.807) is 0 Å². The molecule has 0 spiro atoms. The van der Waals surface area contributed by atoms with Crippen molar-refractivity contribution in [3.63, 3.8) is 0 Å². The SMILES string of the molecule is Cc1cc(C)cc(NC(=O)CSc2nnc(C3CCCN3C(=O)c3cccc(C)c3)n2C)c1. The van der Waals surface area contributed by atoms with Crippen LogP contribution >= 0.6 is 11.8 Å². The molecule has 33 heavy (non-hydrogen) atoms. The highest BCUT2D eigenvalue weighted by atomic mass is 32.2. The molecule has 2 amide bonds. The summed E-state index contributed by atoms with van der Waals surface area (Å²) in [5.74, 6) is 0.916. The molecular weight excluding hydrogens is 434 g/mol. The molecule has 2 heterocycles. The number of amides is 2. The molecule has 0 aliphatic carbocycles. The average molecular weight is 464 g/mol. The summed E-state index contributed by atoms with van der Waals surface area (Å²) in [5, 5.41) is 12.3. The molecule has 7 nitrogen and oxygen atoms in total. The molecule has 0 radical (unpaired) electrons. The third kappa shape index (κ3) is 5.27. The van der Waals surface area contributed by atoms with E-state index in [2.05, 4.69) is 21.6 Å². The lowest BCUT2D eigenvalue weighted by Gasteiger charge is -2.24. The molecule has 0 saturated carbocycles. The van der Waals surface area contributed by atoms with E-state index in [0.29, 0.717) is 17.3 Å². The topological polar surface area (TPSA) is 80.1 Å². The highest BCUT2D eigenvalue weighted by Gasteiger charge is 2.34.